The first-order valence-corrected chi connectivity index (χ1v) is 17.8. The van der Waals surface area contributed by atoms with E-state index in [4.69, 9.17) is 9.47 Å². The van der Waals surface area contributed by atoms with Crippen LogP contribution in [0.15, 0.2) is 46.8 Å². The summed E-state index contributed by atoms with van der Waals surface area (Å²) in [5.74, 6) is -3.02. The molecular formula is C34H41F3N4O5S. The predicted molar refractivity (Wildman–Crippen MR) is 172 cm³/mol. The largest absolute Gasteiger partial charge is 0.489 e. The summed E-state index contributed by atoms with van der Waals surface area (Å²) in [6, 6.07) is 9.57. The number of methoxy groups -OCH3 is 1. The average molecular weight is 675 g/mol. The van der Waals surface area contributed by atoms with Crippen LogP contribution in [0.2, 0.25) is 0 Å². The second-order valence-electron chi connectivity index (χ2n) is 13.6. The van der Waals surface area contributed by atoms with Crippen LogP contribution in [0.3, 0.4) is 0 Å². The van der Waals surface area contributed by atoms with E-state index in [-0.39, 0.29) is 29.0 Å². The fraction of sp³-hybridized carbons (Fsp3) is 0.559. The van der Waals surface area contributed by atoms with Crippen molar-refractivity contribution in [2.45, 2.75) is 70.1 Å². The Bertz CT molecular complexity index is 1700. The Labute approximate surface area is 273 Å². The van der Waals surface area contributed by atoms with Crippen molar-refractivity contribution in [1.82, 2.24) is 9.71 Å². The summed E-state index contributed by atoms with van der Waals surface area (Å²) in [4.78, 5) is 32.3. The minimum Gasteiger partial charge on any atom is -0.489 e. The molecule has 2 aliphatic heterocycles. The van der Waals surface area contributed by atoms with Gasteiger partial charge in [-0.25, -0.2) is 9.19 Å². The van der Waals surface area contributed by atoms with Crippen LogP contribution in [0, 0.1) is 24.7 Å². The van der Waals surface area contributed by atoms with Crippen molar-refractivity contribution in [1.29, 1.82) is 0 Å². The van der Waals surface area contributed by atoms with Gasteiger partial charge in [0.1, 0.15) is 15.6 Å². The van der Waals surface area contributed by atoms with E-state index in [1.165, 1.54) is 27.5 Å². The lowest BCUT2D eigenvalue weighted by molar-refractivity contribution is -0.171. The molecule has 0 saturated heterocycles. The first-order chi connectivity index (χ1) is 22.3. The Morgan fingerprint density at radius 1 is 1.21 bits per heavy atom. The number of ether oxygens (including phenoxy) is 2. The molecule has 2 amide bonds. The van der Waals surface area contributed by atoms with Crippen LogP contribution in [0.1, 0.15) is 66.2 Å². The number of carbonyl (C=O) groups excluding carboxylic acids is 2. The maximum Gasteiger partial charge on any atom is 0.472 e. The molecule has 2 aliphatic carbocycles. The van der Waals surface area contributed by atoms with Gasteiger partial charge in [-0.1, -0.05) is 42.8 Å². The first kappa shape index (κ1) is 33.5. The van der Waals surface area contributed by atoms with Crippen LogP contribution in [-0.2, 0) is 31.3 Å². The van der Waals surface area contributed by atoms with Gasteiger partial charge in [-0.3, -0.25) is 14.3 Å². The van der Waals surface area contributed by atoms with Gasteiger partial charge in [0.05, 0.1) is 18.5 Å². The van der Waals surface area contributed by atoms with E-state index in [1.54, 1.807) is 20.1 Å². The van der Waals surface area contributed by atoms with Crippen molar-refractivity contribution in [2.24, 2.45) is 22.1 Å². The number of hydrogen-bond donors (Lipinski definition) is 1. The molecule has 1 N–H and O–H groups in total. The number of pyridine rings is 1. The molecule has 254 valence electrons. The van der Waals surface area contributed by atoms with Crippen molar-refractivity contribution >= 4 is 27.5 Å². The number of carbonyl (C=O) groups is 2. The number of fused-ring (bicyclic) bond motifs is 4. The molecule has 1 aromatic carbocycles. The quantitative estimate of drug-likeness (QED) is 0.407. The molecule has 13 heteroatoms. The zero-order valence-electron chi connectivity index (χ0n) is 26.8. The number of nitrogens with zero attached hydrogens (tertiary/aromatic N) is 3. The molecule has 6 rings (SSSR count). The highest BCUT2D eigenvalue weighted by atomic mass is 32.2. The van der Waals surface area contributed by atoms with Gasteiger partial charge in [-0.15, -0.1) is 4.36 Å². The Morgan fingerprint density at radius 2 is 2.02 bits per heavy atom. The highest BCUT2D eigenvalue weighted by Crippen LogP contribution is 2.46. The minimum atomic E-state index is -5.31. The van der Waals surface area contributed by atoms with Crippen molar-refractivity contribution in [3.8, 4) is 5.75 Å². The maximum atomic E-state index is 13.8. The number of halogens is 3. The van der Waals surface area contributed by atoms with Gasteiger partial charge < -0.3 is 14.4 Å². The minimum absolute atomic E-state index is 0.191. The lowest BCUT2D eigenvalue weighted by Gasteiger charge is -2.45. The molecule has 1 unspecified atom stereocenters. The summed E-state index contributed by atoms with van der Waals surface area (Å²) in [6.07, 6.45) is 3.52. The zero-order chi connectivity index (χ0) is 33.6. The van der Waals surface area contributed by atoms with Crippen LogP contribution < -0.4 is 14.4 Å². The van der Waals surface area contributed by atoms with E-state index in [0.717, 1.165) is 32.1 Å². The highest BCUT2D eigenvalue weighted by molar-refractivity contribution is 7.92. The van der Waals surface area contributed by atoms with Gasteiger partial charge in [0.25, 0.3) is 0 Å². The summed E-state index contributed by atoms with van der Waals surface area (Å²) in [6.45, 7) is 5.40. The smallest absolute Gasteiger partial charge is 0.472 e. The third-order valence-electron chi connectivity index (χ3n) is 10.0. The van der Waals surface area contributed by atoms with Gasteiger partial charge in [-0.2, -0.15) is 13.2 Å². The summed E-state index contributed by atoms with van der Waals surface area (Å²) in [5, 5.41) is 0. The number of hydrogen-bond acceptors (Lipinski definition) is 7. The van der Waals surface area contributed by atoms with Gasteiger partial charge in [0.15, 0.2) is 11.6 Å². The molecule has 4 aliphatic rings. The number of aromatic nitrogens is 1. The number of amides is 2. The first-order valence-electron chi connectivity index (χ1n) is 16.2. The van der Waals surface area contributed by atoms with E-state index in [2.05, 4.69) is 39.4 Å². The van der Waals surface area contributed by atoms with Crippen molar-refractivity contribution in [2.75, 3.05) is 37.5 Å². The summed E-state index contributed by atoms with van der Waals surface area (Å²) in [5.41, 5.74) is 3.23. The molecule has 0 radical (unpaired) electrons. The second kappa shape index (κ2) is 12.9. The number of anilines is 1. The molecular weight excluding hydrogens is 633 g/mol. The fourth-order valence-electron chi connectivity index (χ4n) is 7.58. The topological polar surface area (TPSA) is 110 Å². The van der Waals surface area contributed by atoms with Crippen LogP contribution in [0.25, 0.3) is 0 Å². The van der Waals surface area contributed by atoms with Crippen LogP contribution >= 0.6 is 0 Å². The van der Waals surface area contributed by atoms with E-state index in [0.29, 0.717) is 37.7 Å². The molecule has 6 atom stereocenters. The SMILES string of the molecule is CO[C@H]1/C=C/C[C@H](C)CS(=O)(NC(=O)C(F)(F)F)=NC(=O)c2ccc3c(n2)N(C[C@@H]2CC[C@H]21)C[C@@]1(CCCc2cc(C)ccc21)CO3. The number of allylic oxidation sites excluding steroid dienone is 1. The van der Waals surface area contributed by atoms with Gasteiger partial charge in [0, 0.05) is 25.6 Å². The molecule has 1 fully saturated rings. The van der Waals surface area contributed by atoms with Gasteiger partial charge in [-0.05, 0) is 86.5 Å². The number of aryl methyl sites for hydroxylation is 2. The summed E-state index contributed by atoms with van der Waals surface area (Å²) < 4.78 is 71.1. The molecule has 47 heavy (non-hydrogen) atoms. The zero-order valence-corrected chi connectivity index (χ0v) is 27.7. The van der Waals surface area contributed by atoms with E-state index in [1.807, 2.05) is 12.2 Å². The van der Waals surface area contributed by atoms with E-state index >= 15 is 0 Å². The molecule has 1 aromatic heterocycles. The third kappa shape index (κ3) is 6.92. The lowest BCUT2D eigenvalue weighted by Crippen LogP contribution is -2.49. The molecule has 9 nitrogen and oxygen atoms in total. The second-order valence-corrected chi connectivity index (χ2v) is 15.6. The fourth-order valence-corrected chi connectivity index (χ4v) is 9.45. The highest BCUT2D eigenvalue weighted by Gasteiger charge is 2.45. The Kier molecular flexibility index (Phi) is 9.16. The molecule has 2 bridgehead atoms. The van der Waals surface area contributed by atoms with E-state index < -0.39 is 39.6 Å². The average Bonchev–Trinajstić information content (AvgIpc) is 3.14. The van der Waals surface area contributed by atoms with E-state index in [9.17, 15) is 27.0 Å². The van der Waals surface area contributed by atoms with Crippen LogP contribution in [0.4, 0.5) is 19.0 Å². The van der Waals surface area contributed by atoms with Crippen LogP contribution in [-0.4, -0.2) is 65.8 Å². The summed E-state index contributed by atoms with van der Waals surface area (Å²) in [7, 11) is -2.51. The number of rotatable bonds is 2. The number of nitrogens with one attached hydrogen (secondary N) is 1. The lowest BCUT2D eigenvalue weighted by atomic mass is 9.68. The van der Waals surface area contributed by atoms with Gasteiger partial charge in [0.2, 0.25) is 0 Å². The van der Waals surface area contributed by atoms with Crippen LogP contribution in [0.5, 0.6) is 5.75 Å². The maximum absolute atomic E-state index is 13.8. The normalized spacial score (nSPS) is 31.7. The molecule has 1 saturated carbocycles. The Hall–Kier alpha value is -3.45. The Morgan fingerprint density at radius 3 is 2.74 bits per heavy atom. The van der Waals surface area contributed by atoms with Gasteiger partial charge >= 0.3 is 18.0 Å². The number of benzene rings is 1. The number of alkyl halides is 3. The molecule has 1 spiro atoms. The molecule has 2 aromatic rings. The Balaban J connectivity index is 1.45. The van der Waals surface area contributed by atoms with Crippen molar-refractivity contribution < 1.29 is 36.4 Å². The summed E-state index contributed by atoms with van der Waals surface area (Å²) >= 11 is 0. The predicted octanol–water partition coefficient (Wildman–Crippen LogP) is 5.70. The van der Waals surface area contributed by atoms with Crippen molar-refractivity contribution in [3.05, 3.63) is 64.9 Å². The standard InChI is InChI=1S/C34H41F3N4O5S/c1-21-9-12-26-23(16-21)7-5-15-33(26)19-41-17-24-10-11-25(24)28(45-3)8-4-6-22(2)18-47(44,40-32(43)34(35,36)37)39-31(42)27-13-14-29(46-20-33)30(41)38-27/h4,8-9,12-14,16,22,24-25,28H,5-7,10-11,15,17-20H2,1-3H3,(H,39,40,42,43,44)/b8-4+/t22-,24-,25+,28-,33-,47?/m0/s1. The van der Waals surface area contributed by atoms with Crippen molar-refractivity contribution in [3.63, 3.8) is 0 Å². The third-order valence-corrected chi connectivity index (χ3v) is 12.0. The monoisotopic (exact) mass is 674 g/mol. The molecule has 3 heterocycles.